The second-order valence-corrected chi connectivity index (χ2v) is 5.89. The Morgan fingerprint density at radius 2 is 2.05 bits per heavy atom. The van der Waals surface area contributed by atoms with E-state index in [0.29, 0.717) is 13.2 Å². The van der Waals surface area contributed by atoms with Crippen molar-refractivity contribution in [3.8, 4) is 5.75 Å². The van der Waals surface area contributed by atoms with Crippen LogP contribution in [0.2, 0.25) is 0 Å². The van der Waals surface area contributed by atoms with Gasteiger partial charge in [0.1, 0.15) is 12.4 Å². The fourth-order valence-corrected chi connectivity index (χ4v) is 3.29. The SMILES string of the molecule is Cc1ccc(OCc2csc3ccccc23)c(CCN)n1. The summed E-state index contributed by atoms with van der Waals surface area (Å²) in [6.07, 6.45) is 0.737. The standard InChI is InChI=1S/C17H18N2OS/c1-12-6-7-16(15(19-12)8-9-18)20-10-13-11-21-17-5-3-2-4-14(13)17/h2-7,11H,8-10,18H2,1H3. The minimum atomic E-state index is 0.562. The van der Waals surface area contributed by atoms with Gasteiger partial charge in [-0.1, -0.05) is 18.2 Å². The van der Waals surface area contributed by atoms with Crippen LogP contribution in [0.25, 0.3) is 10.1 Å². The van der Waals surface area contributed by atoms with Crippen molar-refractivity contribution in [1.29, 1.82) is 0 Å². The number of nitrogens with zero attached hydrogens (tertiary/aromatic N) is 1. The van der Waals surface area contributed by atoms with Gasteiger partial charge in [0.25, 0.3) is 0 Å². The molecular weight excluding hydrogens is 280 g/mol. The summed E-state index contributed by atoms with van der Waals surface area (Å²) in [5, 5.41) is 3.43. The molecule has 21 heavy (non-hydrogen) atoms. The monoisotopic (exact) mass is 298 g/mol. The first-order chi connectivity index (χ1) is 10.3. The van der Waals surface area contributed by atoms with Gasteiger partial charge < -0.3 is 10.5 Å². The lowest BCUT2D eigenvalue weighted by molar-refractivity contribution is 0.303. The maximum Gasteiger partial charge on any atom is 0.141 e. The molecular formula is C17H18N2OS. The highest BCUT2D eigenvalue weighted by molar-refractivity contribution is 7.17. The maximum atomic E-state index is 5.99. The average Bonchev–Trinajstić information content (AvgIpc) is 2.90. The minimum Gasteiger partial charge on any atom is -0.487 e. The van der Waals surface area contributed by atoms with E-state index in [1.54, 1.807) is 11.3 Å². The largest absolute Gasteiger partial charge is 0.487 e. The van der Waals surface area contributed by atoms with E-state index in [4.69, 9.17) is 10.5 Å². The Morgan fingerprint density at radius 1 is 1.19 bits per heavy atom. The number of benzene rings is 1. The van der Waals surface area contributed by atoms with Gasteiger partial charge in [-0.05, 0) is 42.4 Å². The van der Waals surface area contributed by atoms with Crippen molar-refractivity contribution in [2.24, 2.45) is 5.73 Å². The molecule has 0 aliphatic carbocycles. The zero-order valence-corrected chi connectivity index (χ0v) is 12.8. The van der Waals surface area contributed by atoms with Crippen LogP contribution in [-0.2, 0) is 13.0 Å². The van der Waals surface area contributed by atoms with E-state index in [2.05, 4.69) is 34.6 Å². The normalized spacial score (nSPS) is 11.0. The topological polar surface area (TPSA) is 48.1 Å². The molecule has 0 amide bonds. The average molecular weight is 298 g/mol. The van der Waals surface area contributed by atoms with E-state index in [9.17, 15) is 0 Å². The molecule has 108 valence electrons. The third-order valence-electron chi connectivity index (χ3n) is 3.40. The molecule has 0 radical (unpaired) electrons. The number of nitrogens with two attached hydrogens (primary N) is 1. The molecule has 0 spiro atoms. The molecule has 0 atom stereocenters. The maximum absolute atomic E-state index is 5.99. The van der Waals surface area contributed by atoms with Gasteiger partial charge in [0, 0.05) is 22.4 Å². The molecule has 0 bridgehead atoms. The first kappa shape index (κ1) is 14.0. The Morgan fingerprint density at radius 3 is 2.90 bits per heavy atom. The quantitative estimate of drug-likeness (QED) is 0.781. The molecule has 0 saturated carbocycles. The van der Waals surface area contributed by atoms with E-state index >= 15 is 0 Å². The van der Waals surface area contributed by atoms with Crippen LogP contribution >= 0.6 is 11.3 Å². The van der Waals surface area contributed by atoms with Crippen LogP contribution in [0.5, 0.6) is 5.75 Å². The van der Waals surface area contributed by atoms with Crippen LogP contribution in [0.15, 0.2) is 41.8 Å². The third kappa shape index (κ3) is 3.06. The number of hydrogen-bond donors (Lipinski definition) is 1. The van der Waals surface area contributed by atoms with Crippen molar-refractivity contribution in [1.82, 2.24) is 4.98 Å². The first-order valence-electron chi connectivity index (χ1n) is 7.02. The lowest BCUT2D eigenvalue weighted by Crippen LogP contribution is -2.08. The van der Waals surface area contributed by atoms with Crippen LogP contribution in [-0.4, -0.2) is 11.5 Å². The Kier molecular flexibility index (Phi) is 4.18. The summed E-state index contributed by atoms with van der Waals surface area (Å²) in [7, 11) is 0. The predicted octanol–water partition coefficient (Wildman–Crippen LogP) is 3.68. The van der Waals surface area contributed by atoms with Crippen molar-refractivity contribution in [2.75, 3.05) is 6.54 Å². The van der Waals surface area contributed by atoms with Crippen molar-refractivity contribution in [3.63, 3.8) is 0 Å². The van der Waals surface area contributed by atoms with Crippen LogP contribution < -0.4 is 10.5 Å². The number of rotatable bonds is 5. The molecule has 2 heterocycles. The second-order valence-electron chi connectivity index (χ2n) is 4.98. The molecule has 3 nitrogen and oxygen atoms in total. The first-order valence-corrected chi connectivity index (χ1v) is 7.90. The number of fused-ring (bicyclic) bond motifs is 1. The van der Waals surface area contributed by atoms with E-state index in [-0.39, 0.29) is 0 Å². The summed E-state index contributed by atoms with van der Waals surface area (Å²) in [6, 6.07) is 12.4. The van der Waals surface area contributed by atoms with Gasteiger partial charge in [-0.15, -0.1) is 11.3 Å². The fraction of sp³-hybridized carbons (Fsp3) is 0.235. The molecule has 0 aliphatic heterocycles. The zero-order chi connectivity index (χ0) is 14.7. The van der Waals surface area contributed by atoms with Gasteiger partial charge in [0.15, 0.2) is 0 Å². The summed E-state index contributed by atoms with van der Waals surface area (Å²) in [5.74, 6) is 0.835. The number of aromatic nitrogens is 1. The Labute approximate surface area is 128 Å². The van der Waals surface area contributed by atoms with Crippen molar-refractivity contribution >= 4 is 21.4 Å². The summed E-state index contributed by atoms with van der Waals surface area (Å²) in [5.41, 5.74) is 8.80. The van der Waals surface area contributed by atoms with E-state index < -0.39 is 0 Å². The van der Waals surface area contributed by atoms with Crippen LogP contribution in [0.4, 0.5) is 0 Å². The smallest absolute Gasteiger partial charge is 0.141 e. The summed E-state index contributed by atoms with van der Waals surface area (Å²) in [6.45, 7) is 3.12. The minimum absolute atomic E-state index is 0.562. The fourth-order valence-electron chi connectivity index (χ4n) is 2.35. The molecule has 2 N–H and O–H groups in total. The highest BCUT2D eigenvalue weighted by atomic mass is 32.1. The Balaban J connectivity index is 1.81. The summed E-state index contributed by atoms with van der Waals surface area (Å²) in [4.78, 5) is 4.52. The Bertz CT molecular complexity index is 751. The van der Waals surface area contributed by atoms with Crippen molar-refractivity contribution in [3.05, 3.63) is 58.7 Å². The summed E-state index contributed by atoms with van der Waals surface area (Å²) >= 11 is 1.75. The summed E-state index contributed by atoms with van der Waals surface area (Å²) < 4.78 is 7.28. The number of pyridine rings is 1. The number of ether oxygens (including phenoxy) is 1. The number of aryl methyl sites for hydroxylation is 1. The molecule has 4 heteroatoms. The highest BCUT2D eigenvalue weighted by Gasteiger charge is 2.08. The predicted molar refractivity (Wildman–Crippen MR) is 87.9 cm³/mol. The molecule has 1 aromatic carbocycles. The lowest BCUT2D eigenvalue weighted by Gasteiger charge is -2.10. The lowest BCUT2D eigenvalue weighted by atomic mass is 10.2. The molecule has 0 saturated heterocycles. The molecule has 2 aromatic heterocycles. The van der Waals surface area contributed by atoms with Crippen molar-refractivity contribution in [2.45, 2.75) is 20.0 Å². The van der Waals surface area contributed by atoms with E-state index in [1.807, 2.05) is 19.1 Å². The van der Waals surface area contributed by atoms with Crippen molar-refractivity contribution < 1.29 is 4.74 Å². The Hall–Kier alpha value is -1.91. The van der Waals surface area contributed by atoms with E-state index in [1.165, 1.54) is 15.6 Å². The number of hydrogen-bond acceptors (Lipinski definition) is 4. The van der Waals surface area contributed by atoms with Gasteiger partial charge in [-0.25, -0.2) is 0 Å². The second kappa shape index (κ2) is 6.24. The molecule has 3 aromatic rings. The van der Waals surface area contributed by atoms with Crippen LogP contribution in [0.3, 0.4) is 0 Å². The number of thiophene rings is 1. The van der Waals surface area contributed by atoms with Gasteiger partial charge in [0.05, 0.1) is 5.69 Å². The third-order valence-corrected chi connectivity index (χ3v) is 4.41. The highest BCUT2D eigenvalue weighted by Crippen LogP contribution is 2.27. The molecule has 3 rings (SSSR count). The molecule has 0 fully saturated rings. The van der Waals surface area contributed by atoms with Gasteiger partial charge in [0.2, 0.25) is 0 Å². The van der Waals surface area contributed by atoms with Gasteiger partial charge >= 0.3 is 0 Å². The zero-order valence-electron chi connectivity index (χ0n) is 12.0. The van der Waals surface area contributed by atoms with Gasteiger partial charge in [-0.3, -0.25) is 4.98 Å². The van der Waals surface area contributed by atoms with Crippen LogP contribution in [0, 0.1) is 6.92 Å². The molecule has 0 unspecified atom stereocenters. The van der Waals surface area contributed by atoms with E-state index in [0.717, 1.165) is 23.6 Å². The van der Waals surface area contributed by atoms with Crippen LogP contribution in [0.1, 0.15) is 17.0 Å². The molecule has 0 aliphatic rings. The van der Waals surface area contributed by atoms with Gasteiger partial charge in [-0.2, -0.15) is 0 Å².